The fourth-order valence-electron chi connectivity index (χ4n) is 1.89. The Bertz CT molecular complexity index is 414. The van der Waals surface area contributed by atoms with Crippen LogP contribution in [0.1, 0.15) is 12.8 Å². The fraction of sp³-hybridized carbons (Fsp3) is 0.417. The van der Waals surface area contributed by atoms with Gasteiger partial charge in [0.05, 0.1) is 5.69 Å². The molecule has 0 aromatic heterocycles. The molecule has 1 saturated heterocycles. The van der Waals surface area contributed by atoms with Crippen molar-refractivity contribution < 1.29 is 15.0 Å². The maximum absolute atomic E-state index is 11.9. The number of piperidine rings is 1. The van der Waals surface area contributed by atoms with E-state index >= 15 is 0 Å². The second kappa shape index (κ2) is 4.73. The number of hydrogen-bond donors (Lipinski definition) is 4. The second-order valence-electron chi connectivity index (χ2n) is 4.25. The molecule has 1 aliphatic heterocycles. The van der Waals surface area contributed by atoms with Gasteiger partial charge in [-0.2, -0.15) is 0 Å². The monoisotopic (exact) mass is 236 g/mol. The first-order valence-electron chi connectivity index (χ1n) is 5.64. The zero-order valence-corrected chi connectivity index (χ0v) is 9.44. The van der Waals surface area contributed by atoms with Crippen LogP contribution in [0.15, 0.2) is 24.3 Å². The molecule has 0 bridgehead atoms. The Labute approximate surface area is 99.5 Å². The summed E-state index contributed by atoms with van der Waals surface area (Å²) in [5.74, 6) is -0.459. The van der Waals surface area contributed by atoms with Gasteiger partial charge in [-0.15, -0.1) is 0 Å². The SMILES string of the molecule is O=C(Nc1ccccc1O)C1(O)CCNCC1. The van der Waals surface area contributed by atoms with E-state index in [1.807, 2.05) is 0 Å². The summed E-state index contributed by atoms with van der Waals surface area (Å²) < 4.78 is 0. The molecule has 1 aromatic rings. The Balaban J connectivity index is 2.08. The maximum Gasteiger partial charge on any atom is 0.256 e. The highest BCUT2D eigenvalue weighted by atomic mass is 16.3. The summed E-state index contributed by atoms with van der Waals surface area (Å²) in [4.78, 5) is 11.9. The zero-order chi connectivity index (χ0) is 12.3. The first-order chi connectivity index (χ1) is 8.12. The first kappa shape index (κ1) is 11.9. The first-order valence-corrected chi connectivity index (χ1v) is 5.64. The minimum atomic E-state index is -1.34. The highest BCUT2D eigenvalue weighted by Crippen LogP contribution is 2.25. The topological polar surface area (TPSA) is 81.6 Å². The van der Waals surface area contributed by atoms with Gasteiger partial charge in [-0.25, -0.2) is 0 Å². The number of nitrogens with one attached hydrogen (secondary N) is 2. The fourth-order valence-corrected chi connectivity index (χ4v) is 1.89. The van der Waals surface area contributed by atoms with Crippen LogP contribution >= 0.6 is 0 Å². The molecule has 5 nitrogen and oxygen atoms in total. The van der Waals surface area contributed by atoms with Crippen molar-refractivity contribution in [2.75, 3.05) is 18.4 Å². The van der Waals surface area contributed by atoms with E-state index in [-0.39, 0.29) is 5.75 Å². The minimum Gasteiger partial charge on any atom is -0.506 e. The number of hydrogen-bond acceptors (Lipinski definition) is 4. The summed E-state index contributed by atoms with van der Waals surface area (Å²) in [6.45, 7) is 1.23. The second-order valence-corrected chi connectivity index (χ2v) is 4.25. The number of aromatic hydroxyl groups is 1. The molecule has 1 fully saturated rings. The van der Waals surface area contributed by atoms with Gasteiger partial charge in [0.2, 0.25) is 0 Å². The Hall–Kier alpha value is -1.59. The third kappa shape index (κ3) is 2.57. The van der Waals surface area contributed by atoms with Crippen LogP contribution < -0.4 is 10.6 Å². The van der Waals surface area contributed by atoms with E-state index in [1.165, 1.54) is 6.07 Å². The Kier molecular flexibility index (Phi) is 3.31. The zero-order valence-electron chi connectivity index (χ0n) is 9.44. The average molecular weight is 236 g/mol. The number of phenols is 1. The smallest absolute Gasteiger partial charge is 0.256 e. The third-order valence-electron chi connectivity index (χ3n) is 3.01. The molecule has 17 heavy (non-hydrogen) atoms. The minimum absolute atomic E-state index is 0.00150. The Morgan fingerprint density at radius 2 is 1.94 bits per heavy atom. The van der Waals surface area contributed by atoms with E-state index < -0.39 is 11.5 Å². The molecule has 4 N–H and O–H groups in total. The normalized spacial score (nSPS) is 18.6. The van der Waals surface area contributed by atoms with Gasteiger partial charge in [0.15, 0.2) is 0 Å². The number of rotatable bonds is 2. The number of para-hydroxylation sites is 2. The number of carbonyl (C=O) groups is 1. The number of anilines is 1. The van der Waals surface area contributed by atoms with Crippen LogP contribution in [0.4, 0.5) is 5.69 Å². The van der Waals surface area contributed by atoms with Gasteiger partial charge in [0, 0.05) is 0 Å². The van der Waals surface area contributed by atoms with Gasteiger partial charge < -0.3 is 20.8 Å². The summed E-state index contributed by atoms with van der Waals surface area (Å²) in [5.41, 5.74) is -1.02. The Morgan fingerprint density at radius 1 is 1.29 bits per heavy atom. The molecule has 0 spiro atoms. The lowest BCUT2D eigenvalue weighted by Gasteiger charge is -2.31. The number of aliphatic hydroxyl groups is 1. The highest BCUT2D eigenvalue weighted by molar-refractivity contribution is 5.98. The van der Waals surface area contributed by atoms with Crippen LogP contribution in [0.5, 0.6) is 5.75 Å². The summed E-state index contributed by atoms with van der Waals surface area (Å²) in [6, 6.07) is 6.46. The maximum atomic E-state index is 11.9. The van der Waals surface area contributed by atoms with Gasteiger partial charge in [0.25, 0.3) is 5.91 Å². The van der Waals surface area contributed by atoms with E-state index in [4.69, 9.17) is 0 Å². The van der Waals surface area contributed by atoms with E-state index in [0.717, 1.165) is 0 Å². The van der Waals surface area contributed by atoms with Crippen molar-refractivity contribution in [3.05, 3.63) is 24.3 Å². The summed E-state index contributed by atoms with van der Waals surface area (Å²) in [7, 11) is 0. The average Bonchev–Trinajstić information content (AvgIpc) is 2.33. The Morgan fingerprint density at radius 3 is 2.59 bits per heavy atom. The van der Waals surface area contributed by atoms with Gasteiger partial charge in [0.1, 0.15) is 11.4 Å². The number of carbonyl (C=O) groups excluding carboxylic acids is 1. The van der Waals surface area contributed by atoms with Crippen molar-refractivity contribution in [2.45, 2.75) is 18.4 Å². The lowest BCUT2D eigenvalue weighted by atomic mass is 9.91. The van der Waals surface area contributed by atoms with E-state index in [2.05, 4.69) is 10.6 Å². The predicted molar refractivity (Wildman–Crippen MR) is 63.8 cm³/mol. The molecule has 1 aromatic carbocycles. The molecular formula is C12H16N2O3. The number of benzene rings is 1. The van der Waals surface area contributed by atoms with Crippen molar-refractivity contribution in [1.29, 1.82) is 0 Å². The van der Waals surface area contributed by atoms with Gasteiger partial charge >= 0.3 is 0 Å². The molecular weight excluding hydrogens is 220 g/mol. The molecule has 0 saturated carbocycles. The van der Waals surface area contributed by atoms with Crippen molar-refractivity contribution in [3.63, 3.8) is 0 Å². The van der Waals surface area contributed by atoms with E-state index in [9.17, 15) is 15.0 Å². The molecule has 92 valence electrons. The van der Waals surface area contributed by atoms with Crippen LogP contribution in [0.2, 0.25) is 0 Å². The van der Waals surface area contributed by atoms with Crippen LogP contribution in [0.3, 0.4) is 0 Å². The standard InChI is InChI=1S/C12H16N2O3/c15-10-4-2-1-3-9(10)14-11(16)12(17)5-7-13-8-6-12/h1-4,13,15,17H,5-8H2,(H,14,16). The van der Waals surface area contributed by atoms with E-state index in [0.29, 0.717) is 31.6 Å². The quantitative estimate of drug-likeness (QED) is 0.562. The summed E-state index contributed by atoms with van der Waals surface area (Å²) in [6.07, 6.45) is 0.763. The molecule has 0 radical (unpaired) electrons. The van der Waals surface area contributed by atoms with Crippen LogP contribution in [0, 0.1) is 0 Å². The van der Waals surface area contributed by atoms with Gasteiger partial charge in [-0.05, 0) is 38.1 Å². The predicted octanol–water partition coefficient (Wildman–Crippen LogP) is 0.445. The van der Waals surface area contributed by atoms with E-state index in [1.54, 1.807) is 18.2 Å². The molecule has 0 aliphatic carbocycles. The van der Waals surface area contributed by atoms with Crippen LogP contribution in [-0.4, -0.2) is 34.8 Å². The van der Waals surface area contributed by atoms with Crippen molar-refractivity contribution >= 4 is 11.6 Å². The summed E-state index contributed by atoms with van der Waals surface area (Å²) in [5, 5.41) is 25.3. The number of amides is 1. The van der Waals surface area contributed by atoms with Gasteiger partial charge in [-0.1, -0.05) is 12.1 Å². The molecule has 1 amide bonds. The van der Waals surface area contributed by atoms with Crippen LogP contribution in [0.25, 0.3) is 0 Å². The molecule has 2 rings (SSSR count). The molecule has 1 aliphatic rings. The molecule has 5 heteroatoms. The van der Waals surface area contributed by atoms with Crippen molar-refractivity contribution in [2.24, 2.45) is 0 Å². The van der Waals surface area contributed by atoms with Crippen molar-refractivity contribution in [3.8, 4) is 5.75 Å². The number of phenolic OH excluding ortho intramolecular Hbond substituents is 1. The lowest BCUT2D eigenvalue weighted by Crippen LogP contribution is -2.50. The molecule has 1 heterocycles. The summed E-state index contributed by atoms with van der Waals surface area (Å²) >= 11 is 0. The molecule has 0 unspecified atom stereocenters. The lowest BCUT2D eigenvalue weighted by molar-refractivity contribution is -0.136. The van der Waals surface area contributed by atoms with Crippen LogP contribution in [-0.2, 0) is 4.79 Å². The molecule has 0 atom stereocenters. The largest absolute Gasteiger partial charge is 0.506 e. The van der Waals surface area contributed by atoms with Gasteiger partial charge in [-0.3, -0.25) is 4.79 Å². The van der Waals surface area contributed by atoms with Crippen molar-refractivity contribution in [1.82, 2.24) is 5.32 Å². The highest BCUT2D eigenvalue weighted by Gasteiger charge is 2.37. The third-order valence-corrected chi connectivity index (χ3v) is 3.01.